The van der Waals surface area contributed by atoms with E-state index in [-0.39, 0.29) is 12.1 Å². The number of benzene rings is 1. The highest BCUT2D eigenvalue weighted by molar-refractivity contribution is 7.89. The molecule has 8 nitrogen and oxygen atoms in total. The van der Waals surface area contributed by atoms with Gasteiger partial charge in [0.1, 0.15) is 5.52 Å². The molecule has 9 heteroatoms. The molecule has 22 heavy (non-hydrogen) atoms. The molecule has 0 atom stereocenters. The van der Waals surface area contributed by atoms with Gasteiger partial charge in [-0.05, 0) is 6.07 Å². The van der Waals surface area contributed by atoms with Crippen molar-refractivity contribution in [1.29, 1.82) is 0 Å². The average Bonchev–Trinajstić information content (AvgIpc) is 2.44. The lowest BCUT2D eigenvalue weighted by molar-refractivity contribution is -0.741. The monoisotopic (exact) mass is 323 g/mol. The SMILES string of the molecule is COC(=O)C[n+]1cc(/C([O-])=N/S(C)(=O)=O)c2ccccc2n1. The zero-order chi connectivity index (χ0) is 16.3. The molecule has 116 valence electrons. The summed E-state index contributed by atoms with van der Waals surface area (Å²) in [6.07, 6.45) is 2.10. The van der Waals surface area contributed by atoms with Gasteiger partial charge in [0.2, 0.25) is 16.2 Å². The van der Waals surface area contributed by atoms with Gasteiger partial charge in [-0.2, -0.15) is 4.40 Å². The highest BCUT2D eigenvalue weighted by Gasteiger charge is 2.16. The van der Waals surface area contributed by atoms with Crippen LogP contribution in [0.25, 0.3) is 10.9 Å². The van der Waals surface area contributed by atoms with E-state index in [4.69, 9.17) is 0 Å². The second-order valence-electron chi connectivity index (χ2n) is 4.46. The van der Waals surface area contributed by atoms with E-state index >= 15 is 0 Å². The van der Waals surface area contributed by atoms with Crippen LogP contribution in [0, 0.1) is 0 Å². The molecule has 0 aliphatic heterocycles. The number of ether oxygens (including phenoxy) is 1. The molecule has 0 amide bonds. The summed E-state index contributed by atoms with van der Waals surface area (Å²) in [6.45, 7) is -0.208. The van der Waals surface area contributed by atoms with Crippen LogP contribution in [0.3, 0.4) is 0 Å². The quantitative estimate of drug-likeness (QED) is 0.301. The van der Waals surface area contributed by atoms with Crippen molar-refractivity contribution in [2.45, 2.75) is 6.54 Å². The highest BCUT2D eigenvalue weighted by atomic mass is 32.2. The Morgan fingerprint density at radius 2 is 2.09 bits per heavy atom. The first-order chi connectivity index (χ1) is 10.3. The van der Waals surface area contributed by atoms with Crippen molar-refractivity contribution in [2.24, 2.45) is 4.40 Å². The minimum Gasteiger partial charge on any atom is -0.857 e. The molecule has 1 aromatic heterocycles. The minimum atomic E-state index is -3.83. The van der Waals surface area contributed by atoms with Gasteiger partial charge in [-0.3, -0.25) is 0 Å². The first-order valence-electron chi connectivity index (χ1n) is 6.14. The third-order valence-electron chi connectivity index (χ3n) is 2.71. The van der Waals surface area contributed by atoms with Crippen LogP contribution in [-0.4, -0.2) is 38.7 Å². The van der Waals surface area contributed by atoms with Gasteiger partial charge >= 0.3 is 5.97 Å². The number of methoxy groups -OCH3 is 1. The summed E-state index contributed by atoms with van der Waals surface area (Å²) in [5, 5.41) is 16.7. The maximum atomic E-state index is 12.1. The lowest BCUT2D eigenvalue weighted by atomic mass is 10.1. The van der Waals surface area contributed by atoms with E-state index in [1.165, 1.54) is 18.0 Å². The second-order valence-corrected chi connectivity index (χ2v) is 6.11. The van der Waals surface area contributed by atoms with E-state index in [1.54, 1.807) is 24.3 Å². The van der Waals surface area contributed by atoms with E-state index in [1.807, 2.05) is 0 Å². The van der Waals surface area contributed by atoms with Crippen molar-refractivity contribution >= 4 is 32.8 Å². The number of nitrogens with zero attached hydrogens (tertiary/aromatic N) is 3. The molecule has 2 aromatic rings. The molecule has 0 fully saturated rings. The molecule has 0 aliphatic carbocycles. The topological polar surface area (TPSA) is 113 Å². The van der Waals surface area contributed by atoms with Gasteiger partial charge in [0, 0.05) is 16.4 Å². The van der Waals surface area contributed by atoms with Crippen molar-refractivity contribution in [3.8, 4) is 0 Å². The Morgan fingerprint density at radius 3 is 2.73 bits per heavy atom. The second kappa shape index (κ2) is 6.06. The number of fused-ring (bicyclic) bond motifs is 1. The summed E-state index contributed by atoms with van der Waals surface area (Å²) in [6, 6.07) is 6.65. The fourth-order valence-corrected chi connectivity index (χ4v) is 2.22. The summed E-state index contributed by atoms with van der Waals surface area (Å²) in [4.78, 5) is 11.3. The molecule has 0 N–H and O–H groups in total. The van der Waals surface area contributed by atoms with E-state index in [9.17, 15) is 18.3 Å². The summed E-state index contributed by atoms with van der Waals surface area (Å²) >= 11 is 0. The van der Waals surface area contributed by atoms with Crippen LogP contribution in [-0.2, 0) is 26.1 Å². The number of carbonyl (C=O) groups is 1. The summed E-state index contributed by atoms with van der Waals surface area (Å²) in [5.41, 5.74) is 0.473. The molecule has 0 bridgehead atoms. The van der Waals surface area contributed by atoms with Crippen LogP contribution in [0.2, 0.25) is 0 Å². The number of hydrogen-bond donors (Lipinski definition) is 0. The standard InChI is InChI=1S/C13H13N3O5S/c1-21-12(17)8-16-7-10(13(18)15-22(2,19)20)9-5-3-4-6-11(9)14-16/h3-7H,8H2,1-2H3. The normalized spacial score (nSPS) is 12.4. The van der Waals surface area contributed by atoms with E-state index in [0.717, 1.165) is 6.26 Å². The number of hydrogen-bond acceptors (Lipinski definition) is 6. The predicted molar refractivity (Wildman–Crippen MR) is 75.3 cm³/mol. The first kappa shape index (κ1) is 15.8. The zero-order valence-electron chi connectivity index (χ0n) is 11.9. The van der Waals surface area contributed by atoms with Crippen molar-refractivity contribution in [3.05, 3.63) is 36.0 Å². The van der Waals surface area contributed by atoms with Gasteiger partial charge < -0.3 is 9.84 Å². The molecule has 1 heterocycles. The average molecular weight is 323 g/mol. The summed E-state index contributed by atoms with van der Waals surface area (Å²) in [5.74, 6) is -1.47. The largest absolute Gasteiger partial charge is 0.857 e. The van der Waals surface area contributed by atoms with Crippen molar-refractivity contribution in [2.75, 3.05) is 13.4 Å². The summed E-state index contributed by atoms with van der Waals surface area (Å²) < 4.78 is 31.2. The highest BCUT2D eigenvalue weighted by Crippen LogP contribution is 2.14. The van der Waals surface area contributed by atoms with Gasteiger partial charge in [0.05, 0.1) is 18.9 Å². The van der Waals surface area contributed by atoms with Crippen LogP contribution in [0.15, 0.2) is 34.9 Å². The maximum Gasteiger partial charge on any atom is 0.374 e. The number of sulfonamides is 1. The first-order valence-corrected chi connectivity index (χ1v) is 7.98. The van der Waals surface area contributed by atoms with Crippen LogP contribution >= 0.6 is 0 Å². The van der Waals surface area contributed by atoms with Gasteiger partial charge in [0.15, 0.2) is 0 Å². The fourth-order valence-electron chi connectivity index (χ4n) is 1.82. The minimum absolute atomic E-state index is 0.0416. The van der Waals surface area contributed by atoms with Crippen LogP contribution < -0.4 is 9.79 Å². The molecule has 0 unspecified atom stereocenters. The number of aromatic nitrogens is 2. The van der Waals surface area contributed by atoms with Crippen LogP contribution in [0.5, 0.6) is 0 Å². The molecular weight excluding hydrogens is 310 g/mol. The molecule has 1 aromatic carbocycles. The third-order valence-corrected chi connectivity index (χ3v) is 3.20. The van der Waals surface area contributed by atoms with Crippen molar-refractivity contribution < 1.29 is 27.7 Å². The van der Waals surface area contributed by atoms with E-state index in [2.05, 4.69) is 14.2 Å². The molecule has 0 saturated heterocycles. The van der Waals surface area contributed by atoms with Crippen LogP contribution in [0.4, 0.5) is 0 Å². The Bertz CT molecular complexity index is 861. The number of carbonyl (C=O) groups excluding carboxylic acids is 1. The lowest BCUT2D eigenvalue weighted by Crippen LogP contribution is -2.43. The molecule has 0 spiro atoms. The smallest absolute Gasteiger partial charge is 0.374 e. The Kier molecular flexibility index (Phi) is 4.36. The van der Waals surface area contributed by atoms with Crippen molar-refractivity contribution in [1.82, 2.24) is 5.10 Å². The van der Waals surface area contributed by atoms with Gasteiger partial charge in [-0.1, -0.05) is 22.9 Å². The van der Waals surface area contributed by atoms with Crippen molar-refractivity contribution in [3.63, 3.8) is 0 Å². The number of rotatable bonds is 4. The lowest BCUT2D eigenvalue weighted by Gasteiger charge is -2.10. The Labute approximate surface area is 126 Å². The molecule has 0 aliphatic rings. The molecule has 0 radical (unpaired) electrons. The van der Waals surface area contributed by atoms with Gasteiger partial charge in [-0.25, -0.2) is 13.2 Å². The van der Waals surface area contributed by atoms with E-state index in [0.29, 0.717) is 10.9 Å². The zero-order valence-corrected chi connectivity index (χ0v) is 12.7. The molecule has 0 saturated carbocycles. The number of esters is 1. The Morgan fingerprint density at radius 1 is 1.41 bits per heavy atom. The summed E-state index contributed by atoms with van der Waals surface area (Å²) in [7, 11) is -2.60. The fraction of sp³-hybridized carbons (Fsp3) is 0.231. The molecular formula is C13H13N3O5S. The molecule has 2 rings (SSSR count). The van der Waals surface area contributed by atoms with Crippen LogP contribution in [0.1, 0.15) is 5.56 Å². The van der Waals surface area contributed by atoms with Gasteiger partial charge in [-0.15, -0.1) is 0 Å². The van der Waals surface area contributed by atoms with E-state index < -0.39 is 21.9 Å². The third kappa shape index (κ3) is 3.76. The maximum absolute atomic E-state index is 12.1. The van der Waals surface area contributed by atoms with Gasteiger partial charge in [0.25, 0.3) is 6.54 Å². The predicted octanol–water partition coefficient (Wildman–Crippen LogP) is -1.24. The Balaban J connectivity index is 2.65. The Hall–Kier alpha value is -2.55.